The lowest BCUT2D eigenvalue weighted by molar-refractivity contribution is 0.0660. The number of amides is 1. The molecule has 1 aromatic carbocycles. The van der Waals surface area contributed by atoms with Gasteiger partial charge in [0.15, 0.2) is 0 Å². The van der Waals surface area contributed by atoms with Gasteiger partial charge in [-0.3, -0.25) is 10.2 Å². The van der Waals surface area contributed by atoms with Gasteiger partial charge in [0, 0.05) is 31.1 Å². The van der Waals surface area contributed by atoms with Gasteiger partial charge in [-0.1, -0.05) is 0 Å². The van der Waals surface area contributed by atoms with Crippen molar-refractivity contribution in [3.8, 4) is 5.75 Å². The summed E-state index contributed by atoms with van der Waals surface area (Å²) in [6.07, 6.45) is 2.00. The Morgan fingerprint density at radius 3 is 2.60 bits per heavy atom. The number of hydrogen-bond donors (Lipinski definition) is 1. The molecule has 0 aliphatic carbocycles. The number of nitrogens with zero attached hydrogens (tertiary/aromatic N) is 2. The number of methoxy groups -OCH3 is 1. The predicted molar refractivity (Wildman–Crippen MR) is 81.3 cm³/mol. The number of hydrogen-bond acceptors (Lipinski definition) is 5. The fourth-order valence-electron chi connectivity index (χ4n) is 2.11. The summed E-state index contributed by atoms with van der Waals surface area (Å²) in [5.41, 5.74) is 3.52. The van der Waals surface area contributed by atoms with Crippen LogP contribution in [0.1, 0.15) is 10.4 Å². The van der Waals surface area contributed by atoms with Crippen LogP contribution < -0.4 is 10.2 Å². The van der Waals surface area contributed by atoms with E-state index in [1.165, 1.54) is 0 Å². The Hall–Kier alpha value is -1.24. The van der Waals surface area contributed by atoms with E-state index >= 15 is 0 Å². The number of rotatable bonds is 4. The largest absolute Gasteiger partial charge is 0.496 e. The van der Waals surface area contributed by atoms with E-state index in [1.54, 1.807) is 18.9 Å². The molecule has 0 saturated carbocycles. The first kappa shape index (κ1) is 15.2. The first-order valence-corrected chi connectivity index (χ1v) is 7.83. The second-order valence-electron chi connectivity index (χ2n) is 4.80. The van der Waals surface area contributed by atoms with E-state index in [0.717, 1.165) is 31.1 Å². The number of likely N-dealkylation sites (N-methyl/N-ethyl adjacent to an activating group) is 1. The third-order valence-electron chi connectivity index (χ3n) is 3.42. The number of hydrazine groups is 1. The number of nitrogens with one attached hydrogen (secondary N) is 1. The van der Waals surface area contributed by atoms with Crippen LogP contribution in [-0.4, -0.2) is 62.4 Å². The summed E-state index contributed by atoms with van der Waals surface area (Å²) in [5.74, 6) is 0.502. The number of ether oxygens (including phenoxy) is 1. The molecular formula is C14H21N3O2S. The Labute approximate surface area is 124 Å². The topological polar surface area (TPSA) is 44.8 Å². The second-order valence-corrected chi connectivity index (χ2v) is 5.68. The highest BCUT2D eigenvalue weighted by Gasteiger charge is 2.18. The minimum absolute atomic E-state index is 0.112. The molecule has 1 amide bonds. The van der Waals surface area contributed by atoms with Crippen LogP contribution in [0.4, 0.5) is 0 Å². The van der Waals surface area contributed by atoms with Crippen LogP contribution in [0.2, 0.25) is 0 Å². The van der Waals surface area contributed by atoms with Gasteiger partial charge in [0.05, 0.1) is 12.7 Å². The van der Waals surface area contributed by atoms with E-state index < -0.39 is 0 Å². The molecule has 1 saturated heterocycles. The van der Waals surface area contributed by atoms with Crippen LogP contribution in [-0.2, 0) is 0 Å². The van der Waals surface area contributed by atoms with Gasteiger partial charge in [0.1, 0.15) is 5.75 Å². The fourth-order valence-corrected chi connectivity index (χ4v) is 2.54. The number of benzene rings is 1. The average Bonchev–Trinajstić information content (AvgIpc) is 2.48. The van der Waals surface area contributed by atoms with E-state index in [1.807, 2.05) is 29.5 Å². The van der Waals surface area contributed by atoms with Crippen molar-refractivity contribution in [2.45, 2.75) is 4.90 Å². The lowest BCUT2D eigenvalue weighted by Gasteiger charge is -2.32. The normalized spacial score (nSPS) is 16.9. The van der Waals surface area contributed by atoms with E-state index in [0.29, 0.717) is 11.3 Å². The first-order valence-electron chi connectivity index (χ1n) is 6.60. The van der Waals surface area contributed by atoms with Crippen LogP contribution in [0.5, 0.6) is 5.75 Å². The molecular weight excluding hydrogens is 274 g/mol. The predicted octanol–water partition coefficient (Wildman–Crippen LogP) is 1.31. The molecule has 5 nitrogen and oxygen atoms in total. The Bertz CT molecular complexity index is 473. The molecule has 1 heterocycles. The molecule has 1 aromatic rings. The van der Waals surface area contributed by atoms with Crippen molar-refractivity contribution >= 4 is 17.7 Å². The molecule has 0 spiro atoms. The summed E-state index contributed by atoms with van der Waals surface area (Å²) in [5, 5.41) is 1.96. The number of carbonyl (C=O) groups excluding carboxylic acids is 1. The van der Waals surface area contributed by atoms with Gasteiger partial charge >= 0.3 is 0 Å². The Morgan fingerprint density at radius 1 is 1.30 bits per heavy atom. The summed E-state index contributed by atoms with van der Waals surface area (Å²) in [4.78, 5) is 15.6. The van der Waals surface area contributed by atoms with E-state index in [2.05, 4.69) is 17.4 Å². The van der Waals surface area contributed by atoms with Crippen molar-refractivity contribution in [1.82, 2.24) is 15.3 Å². The van der Waals surface area contributed by atoms with E-state index in [4.69, 9.17) is 4.74 Å². The molecule has 1 fully saturated rings. The Balaban J connectivity index is 2.05. The van der Waals surface area contributed by atoms with Crippen molar-refractivity contribution in [2.24, 2.45) is 0 Å². The molecule has 0 atom stereocenters. The van der Waals surface area contributed by atoms with Crippen molar-refractivity contribution in [1.29, 1.82) is 0 Å². The van der Waals surface area contributed by atoms with Crippen LogP contribution in [0.3, 0.4) is 0 Å². The molecule has 1 N–H and O–H groups in total. The van der Waals surface area contributed by atoms with Crippen LogP contribution >= 0.6 is 11.8 Å². The number of piperazine rings is 1. The Kier molecular flexibility index (Phi) is 5.28. The minimum atomic E-state index is -0.112. The zero-order valence-electron chi connectivity index (χ0n) is 12.2. The second kappa shape index (κ2) is 6.97. The molecule has 110 valence electrons. The van der Waals surface area contributed by atoms with Crippen LogP contribution in [0, 0.1) is 0 Å². The molecule has 20 heavy (non-hydrogen) atoms. The van der Waals surface area contributed by atoms with Crippen molar-refractivity contribution < 1.29 is 9.53 Å². The van der Waals surface area contributed by atoms with E-state index in [9.17, 15) is 4.79 Å². The third-order valence-corrected chi connectivity index (χ3v) is 4.14. The molecule has 0 radical (unpaired) electrons. The fraction of sp³-hybridized carbons (Fsp3) is 0.500. The van der Waals surface area contributed by atoms with Gasteiger partial charge in [0.25, 0.3) is 5.91 Å². The average molecular weight is 295 g/mol. The molecule has 6 heteroatoms. The monoisotopic (exact) mass is 295 g/mol. The summed E-state index contributed by atoms with van der Waals surface area (Å²) >= 11 is 1.63. The van der Waals surface area contributed by atoms with E-state index in [-0.39, 0.29) is 5.91 Å². The summed E-state index contributed by atoms with van der Waals surface area (Å²) in [6.45, 7) is 3.60. The zero-order chi connectivity index (χ0) is 14.5. The van der Waals surface area contributed by atoms with Gasteiger partial charge in [0.2, 0.25) is 0 Å². The molecule has 1 aliphatic rings. The van der Waals surface area contributed by atoms with Crippen molar-refractivity contribution in [3.05, 3.63) is 23.8 Å². The first-order chi connectivity index (χ1) is 9.63. The summed E-state index contributed by atoms with van der Waals surface area (Å²) < 4.78 is 5.31. The maximum atomic E-state index is 12.3. The SMILES string of the molecule is COc1cc(SC)ccc1C(=O)NN1CCN(C)CC1. The maximum Gasteiger partial charge on any atom is 0.269 e. The van der Waals surface area contributed by atoms with Gasteiger partial charge in [-0.05, 0) is 31.5 Å². The summed E-state index contributed by atoms with van der Waals surface area (Å²) in [6, 6.07) is 5.64. The Morgan fingerprint density at radius 2 is 2.00 bits per heavy atom. The highest BCUT2D eigenvalue weighted by Crippen LogP contribution is 2.25. The van der Waals surface area contributed by atoms with Crippen molar-refractivity contribution in [2.75, 3.05) is 46.6 Å². The molecule has 1 aliphatic heterocycles. The molecule has 0 unspecified atom stereocenters. The van der Waals surface area contributed by atoms with Crippen molar-refractivity contribution in [3.63, 3.8) is 0 Å². The lowest BCUT2D eigenvalue weighted by Crippen LogP contribution is -2.52. The molecule has 0 aromatic heterocycles. The molecule has 2 rings (SSSR count). The lowest BCUT2D eigenvalue weighted by atomic mass is 10.2. The van der Waals surface area contributed by atoms with Gasteiger partial charge < -0.3 is 9.64 Å². The number of carbonyl (C=O) groups is 1. The quantitative estimate of drug-likeness (QED) is 0.849. The van der Waals surface area contributed by atoms with Gasteiger partial charge in [-0.25, -0.2) is 5.01 Å². The summed E-state index contributed by atoms with van der Waals surface area (Å²) in [7, 11) is 3.68. The zero-order valence-corrected chi connectivity index (χ0v) is 13.0. The molecule has 0 bridgehead atoms. The standard InChI is InChI=1S/C14H21N3O2S/c1-16-6-8-17(9-7-16)15-14(18)12-5-4-11(20-3)10-13(12)19-2/h4-5,10H,6-9H2,1-3H3,(H,15,18). The minimum Gasteiger partial charge on any atom is -0.496 e. The third kappa shape index (κ3) is 3.65. The van der Waals surface area contributed by atoms with Gasteiger partial charge in [-0.2, -0.15) is 0 Å². The smallest absolute Gasteiger partial charge is 0.269 e. The van der Waals surface area contributed by atoms with Gasteiger partial charge in [-0.15, -0.1) is 11.8 Å². The van der Waals surface area contributed by atoms with Crippen LogP contribution in [0.25, 0.3) is 0 Å². The number of thioether (sulfide) groups is 1. The van der Waals surface area contributed by atoms with Crippen LogP contribution in [0.15, 0.2) is 23.1 Å². The highest BCUT2D eigenvalue weighted by molar-refractivity contribution is 7.98. The maximum absolute atomic E-state index is 12.3. The highest BCUT2D eigenvalue weighted by atomic mass is 32.2.